The average Bonchev–Trinajstić information content (AvgIpc) is 2.96. The first kappa shape index (κ1) is 25.7. The van der Waals surface area contributed by atoms with E-state index in [0.29, 0.717) is 10.7 Å². The Morgan fingerprint density at radius 2 is 1.63 bits per heavy atom. The molecule has 0 amide bonds. The summed E-state index contributed by atoms with van der Waals surface area (Å²) in [7, 11) is 1.71. The molecule has 0 spiro atoms. The average molecular weight is 524 g/mol. The third kappa shape index (κ3) is 4.71. The number of methoxy groups -OCH3 is 1. The van der Waals surface area contributed by atoms with Crippen molar-refractivity contribution in [2.75, 3.05) is 25.1 Å². The highest BCUT2D eigenvalue weighted by Crippen LogP contribution is 2.43. The molecule has 0 bridgehead atoms. The summed E-state index contributed by atoms with van der Waals surface area (Å²) in [6, 6.07) is 25.8. The highest BCUT2D eigenvalue weighted by Gasteiger charge is 2.22. The van der Waals surface area contributed by atoms with E-state index in [0.717, 1.165) is 68.9 Å². The van der Waals surface area contributed by atoms with Crippen molar-refractivity contribution < 1.29 is 9.84 Å². The Kier molecular flexibility index (Phi) is 7.59. The third-order valence-electron chi connectivity index (χ3n) is 6.87. The normalized spacial score (nSPS) is 11.1. The minimum Gasteiger partial charge on any atom is -0.495 e. The number of aromatic nitrogens is 2. The SMILES string of the molecule is CCN(CC)c1nc2ccc(-c3nccc(-c4cccc(Cl)c4)c3CO)cc2c(OC)c1-c1ccccc1. The van der Waals surface area contributed by atoms with Crippen LogP contribution in [0.15, 0.2) is 85.1 Å². The van der Waals surface area contributed by atoms with Gasteiger partial charge in [0.15, 0.2) is 0 Å². The fourth-order valence-corrected chi connectivity index (χ4v) is 5.22. The van der Waals surface area contributed by atoms with Crippen LogP contribution < -0.4 is 9.64 Å². The van der Waals surface area contributed by atoms with Gasteiger partial charge >= 0.3 is 0 Å². The van der Waals surface area contributed by atoms with E-state index < -0.39 is 0 Å². The molecule has 0 aliphatic carbocycles. The summed E-state index contributed by atoms with van der Waals surface area (Å²) in [5.41, 5.74) is 7.00. The molecule has 1 N–H and O–H groups in total. The first-order valence-corrected chi connectivity index (χ1v) is 13.1. The lowest BCUT2D eigenvalue weighted by Gasteiger charge is -2.25. The van der Waals surface area contributed by atoms with Gasteiger partial charge in [-0.15, -0.1) is 0 Å². The van der Waals surface area contributed by atoms with E-state index >= 15 is 0 Å². The zero-order valence-corrected chi connectivity index (χ0v) is 22.5. The summed E-state index contributed by atoms with van der Waals surface area (Å²) in [5, 5.41) is 12.0. The highest BCUT2D eigenvalue weighted by atomic mass is 35.5. The summed E-state index contributed by atoms with van der Waals surface area (Å²) in [6.45, 7) is 5.77. The fraction of sp³-hybridized carbons (Fsp3) is 0.188. The number of pyridine rings is 2. The van der Waals surface area contributed by atoms with Gasteiger partial charge < -0.3 is 14.7 Å². The van der Waals surface area contributed by atoms with Gasteiger partial charge in [-0.05, 0) is 60.9 Å². The maximum atomic E-state index is 10.4. The Bertz CT molecular complexity index is 1580. The Morgan fingerprint density at radius 1 is 0.868 bits per heavy atom. The summed E-state index contributed by atoms with van der Waals surface area (Å²) < 4.78 is 6.10. The van der Waals surface area contributed by atoms with Gasteiger partial charge in [0, 0.05) is 40.8 Å². The van der Waals surface area contributed by atoms with Gasteiger partial charge in [0.2, 0.25) is 0 Å². The molecule has 38 heavy (non-hydrogen) atoms. The predicted octanol–water partition coefficient (Wildman–Crippen LogP) is 7.63. The number of ether oxygens (including phenoxy) is 1. The molecular formula is C32H30ClN3O2. The maximum Gasteiger partial charge on any atom is 0.140 e. The molecule has 5 nitrogen and oxygen atoms in total. The Hall–Kier alpha value is -3.93. The standard InChI is InChI=1S/C32H30ClN3O2/c1-4-36(5-2)32-29(21-10-7-6-8-11-21)31(38-3)26-19-23(14-15-28(26)35-32)30-27(20-37)25(16-17-34-30)22-12-9-13-24(33)18-22/h6-19,37H,4-5,20H2,1-3H3. The molecular weight excluding hydrogens is 494 g/mol. The highest BCUT2D eigenvalue weighted by molar-refractivity contribution is 6.30. The number of aliphatic hydroxyl groups excluding tert-OH is 1. The predicted molar refractivity (Wildman–Crippen MR) is 157 cm³/mol. The van der Waals surface area contributed by atoms with E-state index in [1.807, 2.05) is 60.7 Å². The van der Waals surface area contributed by atoms with Gasteiger partial charge in [-0.3, -0.25) is 4.98 Å². The second-order valence-electron chi connectivity index (χ2n) is 8.97. The molecule has 0 saturated carbocycles. The fourth-order valence-electron chi connectivity index (χ4n) is 5.03. The van der Waals surface area contributed by atoms with Crippen LogP contribution in [0.5, 0.6) is 5.75 Å². The Balaban J connectivity index is 1.76. The van der Waals surface area contributed by atoms with Crippen LogP contribution in [-0.2, 0) is 6.61 Å². The molecule has 5 rings (SSSR count). The van der Waals surface area contributed by atoms with Gasteiger partial charge in [0.05, 0.1) is 30.5 Å². The first-order chi connectivity index (χ1) is 18.6. The molecule has 2 aromatic heterocycles. The number of rotatable bonds is 8. The number of nitrogens with zero attached hydrogens (tertiary/aromatic N) is 3. The molecule has 0 fully saturated rings. The van der Waals surface area contributed by atoms with Crippen molar-refractivity contribution in [2.24, 2.45) is 0 Å². The van der Waals surface area contributed by atoms with Crippen molar-refractivity contribution in [2.45, 2.75) is 20.5 Å². The smallest absolute Gasteiger partial charge is 0.140 e. The van der Waals surface area contributed by atoms with Crippen LogP contribution in [0.2, 0.25) is 5.02 Å². The number of benzene rings is 3. The number of fused-ring (bicyclic) bond motifs is 1. The largest absolute Gasteiger partial charge is 0.495 e. The van der Waals surface area contributed by atoms with Crippen molar-refractivity contribution in [1.29, 1.82) is 0 Å². The topological polar surface area (TPSA) is 58.5 Å². The Labute approximate surface area is 228 Å². The van der Waals surface area contributed by atoms with E-state index in [1.165, 1.54) is 0 Å². The van der Waals surface area contributed by atoms with Crippen LogP contribution in [0.4, 0.5) is 5.82 Å². The van der Waals surface area contributed by atoms with Gasteiger partial charge in [-0.1, -0.05) is 60.1 Å². The lowest BCUT2D eigenvalue weighted by molar-refractivity contribution is 0.282. The van der Waals surface area contributed by atoms with Crippen LogP contribution in [0.25, 0.3) is 44.4 Å². The molecule has 0 unspecified atom stereocenters. The van der Waals surface area contributed by atoms with Crippen LogP contribution in [0.3, 0.4) is 0 Å². The second kappa shape index (κ2) is 11.2. The van der Waals surface area contributed by atoms with Gasteiger partial charge in [-0.2, -0.15) is 0 Å². The number of halogens is 1. The van der Waals surface area contributed by atoms with E-state index in [9.17, 15) is 5.11 Å². The van der Waals surface area contributed by atoms with Crippen molar-refractivity contribution in [1.82, 2.24) is 9.97 Å². The third-order valence-corrected chi connectivity index (χ3v) is 7.11. The van der Waals surface area contributed by atoms with Crippen molar-refractivity contribution in [3.63, 3.8) is 0 Å². The number of hydrogen-bond acceptors (Lipinski definition) is 5. The van der Waals surface area contributed by atoms with Crippen LogP contribution >= 0.6 is 11.6 Å². The molecule has 3 aromatic carbocycles. The minimum atomic E-state index is -0.158. The molecule has 6 heteroatoms. The van der Waals surface area contributed by atoms with Gasteiger partial charge in [0.1, 0.15) is 11.6 Å². The van der Waals surface area contributed by atoms with Crippen molar-refractivity contribution in [3.05, 3.63) is 95.6 Å². The molecule has 0 aliphatic rings. The van der Waals surface area contributed by atoms with E-state index in [-0.39, 0.29) is 6.61 Å². The van der Waals surface area contributed by atoms with E-state index in [1.54, 1.807) is 13.3 Å². The Morgan fingerprint density at radius 3 is 2.32 bits per heavy atom. The molecule has 5 aromatic rings. The molecule has 0 aliphatic heterocycles. The minimum absolute atomic E-state index is 0.158. The zero-order chi connectivity index (χ0) is 26.6. The summed E-state index contributed by atoms with van der Waals surface area (Å²) in [5.74, 6) is 1.66. The lowest BCUT2D eigenvalue weighted by Crippen LogP contribution is -2.24. The lowest BCUT2D eigenvalue weighted by atomic mass is 9.95. The van der Waals surface area contributed by atoms with Gasteiger partial charge in [-0.25, -0.2) is 4.98 Å². The zero-order valence-electron chi connectivity index (χ0n) is 21.8. The molecule has 0 atom stereocenters. The number of hydrogen-bond donors (Lipinski definition) is 1. The first-order valence-electron chi connectivity index (χ1n) is 12.8. The van der Waals surface area contributed by atoms with E-state index in [4.69, 9.17) is 21.3 Å². The maximum absolute atomic E-state index is 10.4. The van der Waals surface area contributed by atoms with Crippen LogP contribution in [-0.4, -0.2) is 35.3 Å². The van der Waals surface area contributed by atoms with Crippen LogP contribution in [0, 0.1) is 0 Å². The molecule has 2 heterocycles. The molecule has 0 saturated heterocycles. The number of anilines is 1. The van der Waals surface area contributed by atoms with Gasteiger partial charge in [0.25, 0.3) is 0 Å². The van der Waals surface area contributed by atoms with Crippen molar-refractivity contribution in [3.8, 4) is 39.3 Å². The number of aliphatic hydroxyl groups is 1. The summed E-state index contributed by atoms with van der Waals surface area (Å²) >= 11 is 6.26. The summed E-state index contributed by atoms with van der Waals surface area (Å²) in [4.78, 5) is 12.0. The quantitative estimate of drug-likeness (QED) is 0.226. The molecule has 0 radical (unpaired) electrons. The van der Waals surface area contributed by atoms with Crippen molar-refractivity contribution >= 4 is 28.3 Å². The second-order valence-corrected chi connectivity index (χ2v) is 9.40. The summed E-state index contributed by atoms with van der Waals surface area (Å²) in [6.07, 6.45) is 1.77. The monoisotopic (exact) mass is 523 g/mol. The van der Waals surface area contributed by atoms with Crippen LogP contribution in [0.1, 0.15) is 19.4 Å². The van der Waals surface area contributed by atoms with E-state index in [2.05, 4.69) is 41.9 Å². The molecule has 192 valence electrons.